The molecule has 1 aromatic carbocycles. The van der Waals surface area contributed by atoms with Crippen LogP contribution in [0.25, 0.3) is 0 Å². The van der Waals surface area contributed by atoms with E-state index in [9.17, 15) is 18.0 Å². The van der Waals surface area contributed by atoms with E-state index in [1.54, 1.807) is 0 Å². The van der Waals surface area contributed by atoms with Crippen molar-refractivity contribution in [2.24, 2.45) is 5.92 Å². The van der Waals surface area contributed by atoms with Crippen LogP contribution in [-0.2, 0) is 11.0 Å². The van der Waals surface area contributed by atoms with E-state index in [1.807, 2.05) is 0 Å². The van der Waals surface area contributed by atoms with E-state index in [0.29, 0.717) is 0 Å². The lowest BCUT2D eigenvalue weighted by molar-refractivity contribution is -0.136. The number of rotatable bonds is 2. The highest BCUT2D eigenvalue weighted by atomic mass is 19.4. The standard InChI is InChI=1S/C11H11F3N2O/c12-11(13,14)8-5-7(3-4-9(8)15)16-10(17)6-1-2-6/h3-6H,1-2,15H2,(H,16,17). The second-order valence-electron chi connectivity index (χ2n) is 4.06. The minimum Gasteiger partial charge on any atom is -0.398 e. The molecular formula is C11H11F3N2O. The largest absolute Gasteiger partial charge is 0.418 e. The molecule has 1 aliphatic carbocycles. The Bertz CT molecular complexity index is 453. The molecule has 3 nitrogen and oxygen atoms in total. The first-order valence-corrected chi connectivity index (χ1v) is 5.15. The average molecular weight is 244 g/mol. The second kappa shape index (κ2) is 3.94. The third-order valence-electron chi connectivity index (χ3n) is 2.57. The maximum absolute atomic E-state index is 12.5. The first-order valence-electron chi connectivity index (χ1n) is 5.15. The van der Waals surface area contributed by atoms with Crippen LogP contribution in [0.2, 0.25) is 0 Å². The van der Waals surface area contributed by atoms with E-state index in [1.165, 1.54) is 6.07 Å². The van der Waals surface area contributed by atoms with Crippen molar-refractivity contribution < 1.29 is 18.0 Å². The van der Waals surface area contributed by atoms with Gasteiger partial charge in [-0.25, -0.2) is 0 Å². The number of nitrogens with one attached hydrogen (secondary N) is 1. The summed E-state index contributed by atoms with van der Waals surface area (Å²) < 4.78 is 37.6. The molecule has 2 rings (SSSR count). The number of amides is 1. The fourth-order valence-corrected chi connectivity index (χ4v) is 1.47. The monoisotopic (exact) mass is 244 g/mol. The van der Waals surface area contributed by atoms with Gasteiger partial charge in [-0.05, 0) is 31.0 Å². The Morgan fingerprint density at radius 3 is 2.53 bits per heavy atom. The van der Waals surface area contributed by atoms with E-state index >= 15 is 0 Å². The van der Waals surface area contributed by atoms with Gasteiger partial charge in [0.1, 0.15) is 0 Å². The van der Waals surface area contributed by atoms with Crippen molar-refractivity contribution in [1.82, 2.24) is 0 Å². The van der Waals surface area contributed by atoms with Crippen LogP contribution >= 0.6 is 0 Å². The molecule has 0 unspecified atom stereocenters. The van der Waals surface area contributed by atoms with E-state index in [2.05, 4.69) is 5.32 Å². The zero-order chi connectivity index (χ0) is 12.6. The minimum atomic E-state index is -4.51. The Kier molecular flexibility index (Phi) is 2.73. The van der Waals surface area contributed by atoms with Crippen LogP contribution in [0.3, 0.4) is 0 Å². The van der Waals surface area contributed by atoms with Crippen LogP contribution in [0, 0.1) is 5.92 Å². The number of halogens is 3. The molecule has 0 saturated heterocycles. The molecule has 1 aliphatic rings. The molecule has 1 saturated carbocycles. The van der Waals surface area contributed by atoms with Crippen molar-refractivity contribution in [3.63, 3.8) is 0 Å². The van der Waals surface area contributed by atoms with Gasteiger partial charge in [-0.2, -0.15) is 13.2 Å². The van der Waals surface area contributed by atoms with Crippen molar-refractivity contribution in [2.45, 2.75) is 19.0 Å². The molecule has 0 spiro atoms. The summed E-state index contributed by atoms with van der Waals surface area (Å²) in [5.74, 6) is -0.287. The summed E-state index contributed by atoms with van der Waals surface area (Å²) in [6.45, 7) is 0. The number of carbonyl (C=O) groups excluding carboxylic acids is 1. The molecule has 6 heteroatoms. The Balaban J connectivity index is 2.21. The van der Waals surface area contributed by atoms with Crippen molar-refractivity contribution in [1.29, 1.82) is 0 Å². The summed E-state index contributed by atoms with van der Waals surface area (Å²) in [7, 11) is 0. The summed E-state index contributed by atoms with van der Waals surface area (Å²) in [5.41, 5.74) is 4.10. The summed E-state index contributed by atoms with van der Waals surface area (Å²) in [4.78, 5) is 11.4. The first kappa shape index (κ1) is 11.8. The number of hydrogen-bond acceptors (Lipinski definition) is 2. The fourth-order valence-electron chi connectivity index (χ4n) is 1.47. The van der Waals surface area contributed by atoms with Gasteiger partial charge in [-0.1, -0.05) is 0 Å². The molecule has 1 fully saturated rings. The quantitative estimate of drug-likeness (QED) is 0.786. The van der Waals surface area contributed by atoms with Gasteiger partial charge >= 0.3 is 6.18 Å². The molecule has 1 aromatic rings. The van der Waals surface area contributed by atoms with Crippen LogP contribution in [-0.4, -0.2) is 5.91 Å². The zero-order valence-corrected chi connectivity index (χ0v) is 8.84. The third-order valence-corrected chi connectivity index (χ3v) is 2.57. The third kappa shape index (κ3) is 2.69. The van der Waals surface area contributed by atoms with Gasteiger partial charge in [0.2, 0.25) is 5.91 Å². The van der Waals surface area contributed by atoms with Crippen LogP contribution in [0.1, 0.15) is 18.4 Å². The van der Waals surface area contributed by atoms with E-state index in [-0.39, 0.29) is 23.2 Å². The van der Waals surface area contributed by atoms with Crippen LogP contribution in [0.4, 0.5) is 24.5 Å². The normalized spacial score (nSPS) is 15.7. The SMILES string of the molecule is Nc1ccc(NC(=O)C2CC2)cc1C(F)(F)F. The molecule has 0 aliphatic heterocycles. The molecule has 0 radical (unpaired) electrons. The Labute approximate surface area is 95.8 Å². The number of carbonyl (C=O) groups is 1. The van der Waals surface area contributed by atoms with E-state index < -0.39 is 11.7 Å². The molecule has 1 amide bonds. The van der Waals surface area contributed by atoms with Gasteiger partial charge in [0.15, 0.2) is 0 Å². The molecule has 0 heterocycles. The number of anilines is 2. The number of benzene rings is 1. The smallest absolute Gasteiger partial charge is 0.398 e. The zero-order valence-electron chi connectivity index (χ0n) is 8.84. The number of alkyl halides is 3. The highest BCUT2D eigenvalue weighted by molar-refractivity contribution is 5.94. The van der Waals surface area contributed by atoms with Gasteiger partial charge < -0.3 is 11.1 Å². The topological polar surface area (TPSA) is 55.1 Å². The summed E-state index contributed by atoms with van der Waals surface area (Å²) in [6, 6.07) is 3.37. The van der Waals surface area contributed by atoms with Gasteiger partial charge in [-0.3, -0.25) is 4.79 Å². The van der Waals surface area contributed by atoms with Crippen LogP contribution < -0.4 is 11.1 Å². The van der Waals surface area contributed by atoms with E-state index in [4.69, 9.17) is 5.73 Å². The van der Waals surface area contributed by atoms with Gasteiger partial charge in [0.25, 0.3) is 0 Å². The lowest BCUT2D eigenvalue weighted by Crippen LogP contribution is -2.15. The van der Waals surface area contributed by atoms with Gasteiger partial charge in [0, 0.05) is 17.3 Å². The highest BCUT2D eigenvalue weighted by Crippen LogP contribution is 2.36. The molecule has 0 aromatic heterocycles. The van der Waals surface area contributed by atoms with Crippen molar-refractivity contribution >= 4 is 17.3 Å². The maximum atomic E-state index is 12.5. The van der Waals surface area contributed by atoms with E-state index in [0.717, 1.165) is 25.0 Å². The highest BCUT2D eigenvalue weighted by Gasteiger charge is 2.34. The Morgan fingerprint density at radius 2 is 2.00 bits per heavy atom. The molecule has 0 atom stereocenters. The maximum Gasteiger partial charge on any atom is 0.418 e. The second-order valence-corrected chi connectivity index (χ2v) is 4.06. The number of nitrogens with two attached hydrogens (primary N) is 1. The predicted molar refractivity (Wildman–Crippen MR) is 57.2 cm³/mol. The molecule has 3 N–H and O–H groups in total. The van der Waals surface area contributed by atoms with Crippen molar-refractivity contribution in [2.75, 3.05) is 11.1 Å². The van der Waals surface area contributed by atoms with Crippen molar-refractivity contribution in [3.8, 4) is 0 Å². The molecule has 92 valence electrons. The van der Waals surface area contributed by atoms with Crippen LogP contribution in [0.5, 0.6) is 0 Å². The lowest BCUT2D eigenvalue weighted by Gasteiger charge is -2.12. The van der Waals surface area contributed by atoms with Gasteiger partial charge in [-0.15, -0.1) is 0 Å². The number of nitrogen functional groups attached to an aromatic ring is 1. The Morgan fingerprint density at radius 1 is 1.35 bits per heavy atom. The molecule has 17 heavy (non-hydrogen) atoms. The summed E-state index contributed by atoms with van der Waals surface area (Å²) in [6.07, 6.45) is -2.91. The molecular weight excluding hydrogens is 233 g/mol. The molecule has 0 bridgehead atoms. The summed E-state index contributed by atoms with van der Waals surface area (Å²) in [5, 5.41) is 2.45. The number of hydrogen-bond donors (Lipinski definition) is 2. The van der Waals surface area contributed by atoms with Gasteiger partial charge in [0.05, 0.1) is 5.56 Å². The fraction of sp³-hybridized carbons (Fsp3) is 0.364. The predicted octanol–water partition coefficient (Wildman–Crippen LogP) is 2.64. The summed E-state index contributed by atoms with van der Waals surface area (Å²) >= 11 is 0. The Hall–Kier alpha value is -1.72. The first-order chi connectivity index (χ1) is 7.88. The lowest BCUT2D eigenvalue weighted by atomic mass is 10.1. The van der Waals surface area contributed by atoms with Crippen molar-refractivity contribution in [3.05, 3.63) is 23.8 Å². The minimum absolute atomic E-state index is 0.0538. The average Bonchev–Trinajstić information content (AvgIpc) is 3.02. The van der Waals surface area contributed by atoms with Crippen LogP contribution in [0.15, 0.2) is 18.2 Å².